The zero-order valence-electron chi connectivity index (χ0n) is 22.4. The minimum absolute atomic E-state index is 0.222. The summed E-state index contributed by atoms with van der Waals surface area (Å²) in [6, 6.07) is 12.4. The van der Waals surface area contributed by atoms with Gasteiger partial charge in [0.25, 0.3) is 11.8 Å². The Hall–Kier alpha value is -3.48. The van der Waals surface area contributed by atoms with Gasteiger partial charge in [-0.15, -0.1) is 11.3 Å². The Bertz CT molecular complexity index is 1510. The highest BCUT2D eigenvalue weighted by Gasteiger charge is 2.31. The van der Waals surface area contributed by atoms with Crippen LogP contribution in [0.3, 0.4) is 0 Å². The molecule has 1 atom stereocenters. The van der Waals surface area contributed by atoms with Gasteiger partial charge in [-0.1, -0.05) is 12.1 Å². The molecule has 2 N–H and O–H groups in total. The largest absolute Gasteiger partial charge is 0.493 e. The van der Waals surface area contributed by atoms with Gasteiger partial charge in [0.2, 0.25) is 0 Å². The summed E-state index contributed by atoms with van der Waals surface area (Å²) in [6.07, 6.45) is 2.56. The van der Waals surface area contributed by atoms with Crippen LogP contribution in [0.15, 0.2) is 42.5 Å². The minimum Gasteiger partial charge on any atom is -0.493 e. The van der Waals surface area contributed by atoms with Crippen molar-refractivity contribution in [1.29, 1.82) is 0 Å². The molecule has 0 radical (unpaired) electrons. The van der Waals surface area contributed by atoms with E-state index in [0.717, 1.165) is 35.4 Å². The molecule has 1 aliphatic heterocycles. The first-order valence-electron chi connectivity index (χ1n) is 13.1. The van der Waals surface area contributed by atoms with Crippen molar-refractivity contribution in [1.82, 2.24) is 15.2 Å². The number of ether oxygens (including phenoxy) is 2. The first-order chi connectivity index (χ1) is 19.2. The maximum Gasteiger partial charge on any atom is 0.257 e. The molecule has 2 amide bonds. The topological polar surface area (TPSA) is 127 Å². The van der Waals surface area contributed by atoms with Crippen molar-refractivity contribution in [2.45, 2.75) is 31.8 Å². The average Bonchev–Trinajstić information content (AvgIpc) is 3.37. The minimum atomic E-state index is -2.91. The smallest absolute Gasteiger partial charge is 0.257 e. The number of anilines is 1. The van der Waals surface area contributed by atoms with Crippen LogP contribution in [0.2, 0.25) is 0 Å². The van der Waals surface area contributed by atoms with Crippen LogP contribution in [0, 0.1) is 0 Å². The molecule has 1 aliphatic carbocycles. The zero-order chi connectivity index (χ0) is 28.3. The summed E-state index contributed by atoms with van der Waals surface area (Å²) in [5, 5.41) is 6.36. The third-order valence-corrected chi connectivity index (χ3v) is 9.96. The van der Waals surface area contributed by atoms with Crippen molar-refractivity contribution in [3.8, 4) is 11.5 Å². The standard InChI is InChI=1S/C28H32N4O6S2/c1-37-23-9-6-20(15-24(23)38-2)26(33)29-17-18-4-3-5-19(14-18)27(34)31-28-30-22-8-7-21(16-25(22)39-28)32-10-12-40(35,36)13-11-32/h3-6,9,14-15,21H,7-8,10-13,16-17H2,1-2H3,(H,29,33)(H,30,31,34)/t21-/m0/s1. The fraction of sp³-hybridized carbons (Fsp3) is 0.393. The molecule has 0 saturated carbocycles. The van der Waals surface area contributed by atoms with Crippen LogP contribution in [-0.2, 0) is 29.2 Å². The van der Waals surface area contributed by atoms with Crippen LogP contribution in [0.4, 0.5) is 5.13 Å². The highest BCUT2D eigenvalue weighted by Crippen LogP contribution is 2.32. The summed E-state index contributed by atoms with van der Waals surface area (Å²) in [5.74, 6) is 0.914. The van der Waals surface area contributed by atoms with Gasteiger partial charge in [-0.05, 0) is 55.2 Å². The van der Waals surface area contributed by atoms with Gasteiger partial charge in [-0.2, -0.15) is 0 Å². The van der Waals surface area contributed by atoms with Crippen molar-refractivity contribution in [2.75, 3.05) is 44.1 Å². The molecule has 212 valence electrons. The average molecular weight is 585 g/mol. The molecule has 3 aromatic rings. The number of thiazole rings is 1. The molecule has 2 aromatic carbocycles. The Balaban J connectivity index is 1.18. The first-order valence-corrected chi connectivity index (χ1v) is 15.7. The Labute approximate surface area is 237 Å². The molecule has 40 heavy (non-hydrogen) atoms. The van der Waals surface area contributed by atoms with Crippen molar-refractivity contribution in [3.63, 3.8) is 0 Å². The second-order valence-electron chi connectivity index (χ2n) is 9.88. The summed E-state index contributed by atoms with van der Waals surface area (Å²) < 4.78 is 34.1. The lowest BCUT2D eigenvalue weighted by Crippen LogP contribution is -2.47. The number of fused-ring (bicyclic) bond motifs is 1. The quantitative estimate of drug-likeness (QED) is 0.414. The highest BCUT2D eigenvalue weighted by atomic mass is 32.2. The number of carbonyl (C=O) groups excluding carboxylic acids is 2. The number of sulfone groups is 1. The third kappa shape index (κ3) is 6.45. The maximum atomic E-state index is 13.0. The number of aromatic nitrogens is 1. The van der Waals surface area contributed by atoms with Crippen LogP contribution >= 0.6 is 11.3 Å². The number of carbonyl (C=O) groups is 2. The molecule has 0 spiro atoms. The number of rotatable bonds is 8. The van der Waals surface area contributed by atoms with E-state index in [-0.39, 0.29) is 29.9 Å². The van der Waals surface area contributed by atoms with Gasteiger partial charge in [-0.25, -0.2) is 13.4 Å². The van der Waals surface area contributed by atoms with E-state index in [2.05, 4.69) is 20.5 Å². The number of hydrogen-bond donors (Lipinski definition) is 2. The molecule has 1 fully saturated rings. The van der Waals surface area contributed by atoms with Crippen LogP contribution in [-0.4, -0.2) is 75.0 Å². The lowest BCUT2D eigenvalue weighted by Gasteiger charge is -2.36. The molecule has 0 unspecified atom stereocenters. The normalized spacial score (nSPS) is 18.4. The summed E-state index contributed by atoms with van der Waals surface area (Å²) in [7, 11) is 0.140. The van der Waals surface area contributed by atoms with Gasteiger partial charge in [0.15, 0.2) is 26.5 Å². The Morgan fingerprint density at radius 3 is 2.52 bits per heavy atom. The van der Waals surface area contributed by atoms with Crippen LogP contribution in [0.25, 0.3) is 0 Å². The molecule has 12 heteroatoms. The molecule has 0 bridgehead atoms. The molecule has 2 aliphatic rings. The molecule has 5 rings (SSSR count). The van der Waals surface area contributed by atoms with Gasteiger partial charge in [0.05, 0.1) is 31.4 Å². The van der Waals surface area contributed by atoms with Crippen LogP contribution < -0.4 is 20.1 Å². The van der Waals surface area contributed by atoms with Gasteiger partial charge in [0, 0.05) is 41.7 Å². The number of amides is 2. The van der Waals surface area contributed by atoms with E-state index >= 15 is 0 Å². The summed E-state index contributed by atoms with van der Waals surface area (Å²) in [6.45, 7) is 1.41. The van der Waals surface area contributed by atoms with Crippen molar-refractivity contribution in [2.24, 2.45) is 0 Å². The predicted molar refractivity (Wildman–Crippen MR) is 153 cm³/mol. The Kier molecular flexibility index (Phi) is 8.38. The van der Waals surface area contributed by atoms with Crippen molar-refractivity contribution in [3.05, 3.63) is 69.7 Å². The second kappa shape index (κ2) is 11.9. The number of aryl methyl sites for hydroxylation is 1. The van der Waals surface area contributed by atoms with Crippen LogP contribution in [0.5, 0.6) is 11.5 Å². The SMILES string of the molecule is COc1ccc(C(=O)NCc2cccc(C(=O)Nc3nc4c(s3)C[C@@H](N3CCS(=O)(=O)CC3)CC4)c2)cc1OC. The van der Waals surface area contributed by atoms with E-state index in [0.29, 0.717) is 46.9 Å². The van der Waals surface area contributed by atoms with Gasteiger partial charge < -0.3 is 14.8 Å². The van der Waals surface area contributed by atoms with Gasteiger partial charge >= 0.3 is 0 Å². The van der Waals surface area contributed by atoms with E-state index in [4.69, 9.17) is 9.47 Å². The molecule has 1 saturated heterocycles. The lowest BCUT2D eigenvalue weighted by molar-refractivity contribution is 0.0950. The molecular weight excluding hydrogens is 552 g/mol. The van der Waals surface area contributed by atoms with E-state index in [9.17, 15) is 18.0 Å². The fourth-order valence-electron chi connectivity index (χ4n) is 5.07. The molecular formula is C28H32N4O6S2. The summed E-state index contributed by atoms with van der Waals surface area (Å²) in [5.41, 5.74) is 2.70. The summed E-state index contributed by atoms with van der Waals surface area (Å²) >= 11 is 1.48. The third-order valence-electron chi connectivity index (χ3n) is 7.32. The first kappa shape index (κ1) is 28.1. The molecule has 10 nitrogen and oxygen atoms in total. The van der Waals surface area contributed by atoms with E-state index in [1.54, 1.807) is 36.4 Å². The number of hydrogen-bond acceptors (Lipinski definition) is 9. The van der Waals surface area contributed by atoms with Crippen molar-refractivity contribution < 1.29 is 27.5 Å². The van der Waals surface area contributed by atoms with E-state index < -0.39 is 9.84 Å². The molecule has 1 aromatic heterocycles. The predicted octanol–water partition coefficient (Wildman–Crippen LogP) is 2.93. The lowest BCUT2D eigenvalue weighted by atomic mass is 9.96. The van der Waals surface area contributed by atoms with E-state index in [1.807, 2.05) is 6.07 Å². The molecule has 2 heterocycles. The fourth-order valence-corrected chi connectivity index (χ4v) is 7.37. The number of nitrogens with one attached hydrogen (secondary N) is 2. The monoisotopic (exact) mass is 584 g/mol. The van der Waals surface area contributed by atoms with Gasteiger partial charge in [0.1, 0.15) is 0 Å². The maximum absolute atomic E-state index is 13.0. The highest BCUT2D eigenvalue weighted by molar-refractivity contribution is 7.91. The Morgan fingerprint density at radius 1 is 1.02 bits per heavy atom. The zero-order valence-corrected chi connectivity index (χ0v) is 24.1. The summed E-state index contributed by atoms with van der Waals surface area (Å²) in [4.78, 5) is 33.8. The Morgan fingerprint density at radius 2 is 1.77 bits per heavy atom. The second-order valence-corrected chi connectivity index (χ2v) is 13.3. The number of benzene rings is 2. The van der Waals surface area contributed by atoms with Gasteiger partial charge in [-0.3, -0.25) is 19.8 Å². The number of methoxy groups -OCH3 is 2. The van der Waals surface area contributed by atoms with Crippen LogP contribution in [0.1, 0.15) is 43.3 Å². The van der Waals surface area contributed by atoms with Crippen molar-refractivity contribution >= 4 is 38.1 Å². The van der Waals surface area contributed by atoms with E-state index in [1.165, 1.54) is 25.6 Å². The number of nitrogens with zero attached hydrogens (tertiary/aromatic N) is 2.